The van der Waals surface area contributed by atoms with E-state index in [1.165, 1.54) is 5.56 Å². The standard InChI is InChI=1S/C22H23N3OS/c1-2-16-6-5-7-17(14-16)24-21-18-8-3-4-9-20(18)23-15-19(21)22(26)25-10-12-27-13-11-25/h3-9,14-15H,2,10-13H2,1H3,(H,23,24). The van der Waals surface area contributed by atoms with Gasteiger partial charge in [-0.25, -0.2) is 0 Å². The Morgan fingerprint density at radius 1 is 1.15 bits per heavy atom. The smallest absolute Gasteiger partial charge is 0.257 e. The molecule has 0 aliphatic carbocycles. The molecule has 0 radical (unpaired) electrons. The molecule has 2 heterocycles. The lowest BCUT2D eigenvalue weighted by atomic mass is 10.1. The van der Waals surface area contributed by atoms with Crippen molar-refractivity contribution >= 4 is 39.9 Å². The van der Waals surface area contributed by atoms with Crippen LogP contribution in [-0.2, 0) is 6.42 Å². The summed E-state index contributed by atoms with van der Waals surface area (Å²) < 4.78 is 0. The molecule has 1 amide bonds. The van der Waals surface area contributed by atoms with E-state index in [2.05, 4.69) is 29.4 Å². The summed E-state index contributed by atoms with van der Waals surface area (Å²) in [7, 11) is 0. The SMILES string of the molecule is CCc1cccc(Nc2c(C(=O)N3CCSCC3)cnc3ccccc23)c1. The predicted molar refractivity (Wildman–Crippen MR) is 114 cm³/mol. The Morgan fingerprint density at radius 2 is 1.96 bits per heavy atom. The molecule has 3 aromatic rings. The first-order valence-electron chi connectivity index (χ1n) is 9.37. The van der Waals surface area contributed by atoms with Crippen LogP contribution in [0.4, 0.5) is 11.4 Å². The minimum absolute atomic E-state index is 0.0581. The average molecular weight is 378 g/mol. The van der Waals surface area contributed by atoms with Gasteiger partial charge in [0.1, 0.15) is 0 Å². The maximum Gasteiger partial charge on any atom is 0.257 e. The molecule has 1 fully saturated rings. The third-order valence-electron chi connectivity index (χ3n) is 4.91. The third kappa shape index (κ3) is 3.78. The average Bonchev–Trinajstić information content (AvgIpc) is 2.74. The van der Waals surface area contributed by atoms with Crippen LogP contribution >= 0.6 is 11.8 Å². The van der Waals surface area contributed by atoms with Crippen molar-refractivity contribution in [2.45, 2.75) is 13.3 Å². The van der Waals surface area contributed by atoms with Gasteiger partial charge in [0.25, 0.3) is 5.91 Å². The Morgan fingerprint density at radius 3 is 2.78 bits per heavy atom. The molecular weight excluding hydrogens is 354 g/mol. The predicted octanol–water partition coefficient (Wildman–Crippen LogP) is 4.73. The van der Waals surface area contributed by atoms with Crippen LogP contribution < -0.4 is 5.32 Å². The van der Waals surface area contributed by atoms with Gasteiger partial charge in [-0.2, -0.15) is 11.8 Å². The number of amides is 1. The summed E-state index contributed by atoms with van der Waals surface area (Å²) in [6.45, 7) is 3.73. The maximum atomic E-state index is 13.2. The summed E-state index contributed by atoms with van der Waals surface area (Å²) in [6.07, 6.45) is 2.70. The molecule has 1 aliphatic rings. The van der Waals surface area contributed by atoms with Gasteiger partial charge in [-0.3, -0.25) is 9.78 Å². The zero-order valence-electron chi connectivity index (χ0n) is 15.4. The number of carbonyl (C=O) groups excluding carboxylic acids is 1. The van der Waals surface area contributed by atoms with E-state index in [4.69, 9.17) is 0 Å². The fourth-order valence-electron chi connectivity index (χ4n) is 3.39. The zero-order chi connectivity index (χ0) is 18.6. The molecule has 0 bridgehead atoms. The lowest BCUT2D eigenvalue weighted by Gasteiger charge is -2.27. The molecule has 27 heavy (non-hydrogen) atoms. The monoisotopic (exact) mass is 377 g/mol. The highest BCUT2D eigenvalue weighted by Gasteiger charge is 2.23. The topological polar surface area (TPSA) is 45.2 Å². The number of nitrogens with zero attached hydrogens (tertiary/aromatic N) is 2. The molecule has 4 rings (SSSR count). The number of aryl methyl sites for hydroxylation is 1. The number of hydrogen-bond acceptors (Lipinski definition) is 4. The molecule has 0 spiro atoms. The van der Waals surface area contributed by atoms with Gasteiger partial charge >= 0.3 is 0 Å². The van der Waals surface area contributed by atoms with E-state index < -0.39 is 0 Å². The van der Waals surface area contributed by atoms with Crippen LogP contribution in [0.15, 0.2) is 54.7 Å². The number of pyridine rings is 1. The van der Waals surface area contributed by atoms with Gasteiger partial charge in [-0.15, -0.1) is 0 Å². The Hall–Kier alpha value is -2.53. The van der Waals surface area contributed by atoms with Crippen LogP contribution in [0.1, 0.15) is 22.8 Å². The van der Waals surface area contributed by atoms with Crippen LogP contribution in [0.3, 0.4) is 0 Å². The molecule has 1 aromatic heterocycles. The Bertz CT molecular complexity index is 967. The second-order valence-corrected chi connectivity index (χ2v) is 7.87. The van der Waals surface area contributed by atoms with Crippen LogP contribution in [-0.4, -0.2) is 40.4 Å². The summed E-state index contributed by atoms with van der Waals surface area (Å²) in [4.78, 5) is 19.7. The number of thioether (sulfide) groups is 1. The van der Waals surface area contributed by atoms with E-state index in [0.717, 1.165) is 53.3 Å². The minimum Gasteiger partial charge on any atom is -0.354 e. The quantitative estimate of drug-likeness (QED) is 0.714. The van der Waals surface area contributed by atoms with Gasteiger partial charge in [0.05, 0.1) is 16.8 Å². The third-order valence-corrected chi connectivity index (χ3v) is 5.85. The highest BCUT2D eigenvalue weighted by Crippen LogP contribution is 2.30. The van der Waals surface area contributed by atoms with E-state index in [9.17, 15) is 4.79 Å². The van der Waals surface area contributed by atoms with Crippen molar-refractivity contribution in [2.24, 2.45) is 0 Å². The Balaban J connectivity index is 1.78. The number of aromatic nitrogens is 1. The number of carbonyl (C=O) groups is 1. The van der Waals surface area contributed by atoms with E-state index in [1.54, 1.807) is 6.20 Å². The number of para-hydroxylation sites is 1. The van der Waals surface area contributed by atoms with Crippen molar-refractivity contribution in [1.82, 2.24) is 9.88 Å². The number of hydrogen-bond donors (Lipinski definition) is 1. The second kappa shape index (κ2) is 8.01. The number of fused-ring (bicyclic) bond motifs is 1. The summed E-state index contributed by atoms with van der Waals surface area (Å²) >= 11 is 1.90. The van der Waals surface area contributed by atoms with Gasteiger partial charge in [-0.05, 0) is 30.2 Å². The van der Waals surface area contributed by atoms with Crippen LogP contribution in [0.2, 0.25) is 0 Å². The van der Waals surface area contributed by atoms with Gasteiger partial charge in [0, 0.05) is 41.9 Å². The molecule has 1 aliphatic heterocycles. The first kappa shape index (κ1) is 17.9. The van der Waals surface area contributed by atoms with Gasteiger partial charge < -0.3 is 10.2 Å². The number of benzene rings is 2. The number of anilines is 2. The summed E-state index contributed by atoms with van der Waals surface area (Å²) in [5, 5.41) is 4.49. The van der Waals surface area contributed by atoms with Gasteiger partial charge in [-0.1, -0.05) is 37.3 Å². The molecule has 2 aromatic carbocycles. The Labute approximate surface area is 164 Å². The van der Waals surface area contributed by atoms with Crippen molar-refractivity contribution in [3.63, 3.8) is 0 Å². The zero-order valence-corrected chi connectivity index (χ0v) is 16.3. The molecule has 138 valence electrons. The molecule has 0 saturated carbocycles. The highest BCUT2D eigenvalue weighted by atomic mass is 32.2. The second-order valence-electron chi connectivity index (χ2n) is 6.65. The molecule has 1 N–H and O–H groups in total. The lowest BCUT2D eigenvalue weighted by molar-refractivity contribution is 0.0773. The largest absolute Gasteiger partial charge is 0.354 e. The molecule has 0 unspecified atom stereocenters. The lowest BCUT2D eigenvalue weighted by Crippen LogP contribution is -2.38. The first-order chi connectivity index (χ1) is 13.3. The van der Waals surface area contributed by atoms with Crippen molar-refractivity contribution < 1.29 is 4.79 Å². The normalized spacial score (nSPS) is 14.3. The molecule has 4 nitrogen and oxygen atoms in total. The van der Waals surface area contributed by atoms with Crippen LogP contribution in [0, 0.1) is 0 Å². The first-order valence-corrected chi connectivity index (χ1v) is 10.5. The number of rotatable bonds is 4. The fourth-order valence-corrected chi connectivity index (χ4v) is 4.29. The summed E-state index contributed by atoms with van der Waals surface area (Å²) in [6, 6.07) is 16.3. The fraction of sp³-hybridized carbons (Fsp3) is 0.273. The van der Waals surface area contributed by atoms with Crippen LogP contribution in [0.5, 0.6) is 0 Å². The van der Waals surface area contributed by atoms with E-state index in [0.29, 0.717) is 5.56 Å². The number of nitrogens with one attached hydrogen (secondary N) is 1. The van der Waals surface area contributed by atoms with E-state index in [-0.39, 0.29) is 5.91 Å². The van der Waals surface area contributed by atoms with Crippen LogP contribution in [0.25, 0.3) is 10.9 Å². The molecular formula is C22H23N3OS. The van der Waals surface area contributed by atoms with Gasteiger partial charge in [0.2, 0.25) is 0 Å². The molecule has 5 heteroatoms. The molecule has 1 saturated heterocycles. The van der Waals surface area contributed by atoms with E-state index >= 15 is 0 Å². The summed E-state index contributed by atoms with van der Waals surface area (Å²) in [5.41, 5.74) is 4.63. The van der Waals surface area contributed by atoms with Gasteiger partial charge in [0.15, 0.2) is 0 Å². The Kier molecular flexibility index (Phi) is 5.30. The van der Waals surface area contributed by atoms with Crippen molar-refractivity contribution in [3.8, 4) is 0 Å². The summed E-state index contributed by atoms with van der Waals surface area (Å²) in [5.74, 6) is 2.05. The van der Waals surface area contributed by atoms with Crippen molar-refractivity contribution in [2.75, 3.05) is 29.9 Å². The van der Waals surface area contributed by atoms with E-state index in [1.807, 2.05) is 53.1 Å². The van der Waals surface area contributed by atoms with Crippen molar-refractivity contribution in [3.05, 3.63) is 65.9 Å². The minimum atomic E-state index is 0.0581. The highest BCUT2D eigenvalue weighted by molar-refractivity contribution is 7.99. The molecule has 0 atom stereocenters. The van der Waals surface area contributed by atoms with Crippen molar-refractivity contribution in [1.29, 1.82) is 0 Å². The maximum absolute atomic E-state index is 13.2.